The maximum absolute atomic E-state index is 12.6. The van der Waals surface area contributed by atoms with Crippen molar-refractivity contribution in [3.05, 3.63) is 53.6 Å². The topological polar surface area (TPSA) is 48.0 Å². The second-order valence-corrected chi connectivity index (χ2v) is 5.24. The fraction of sp³-hybridized carbons (Fsp3) is 0.278. The molecular formula is C18H19NO4. The minimum Gasteiger partial charge on any atom is -0.497 e. The number of carbonyl (C=O) groups excluding carboxylic acids is 1. The van der Waals surface area contributed by atoms with Gasteiger partial charge in [0.2, 0.25) is 6.79 Å². The molecule has 0 unspecified atom stereocenters. The van der Waals surface area contributed by atoms with Crippen LogP contribution in [0.5, 0.6) is 17.2 Å². The van der Waals surface area contributed by atoms with E-state index < -0.39 is 0 Å². The number of hydrogen-bond acceptors (Lipinski definition) is 4. The van der Waals surface area contributed by atoms with E-state index in [-0.39, 0.29) is 12.7 Å². The first-order valence-corrected chi connectivity index (χ1v) is 7.53. The molecule has 5 heteroatoms. The van der Waals surface area contributed by atoms with Crippen molar-refractivity contribution in [1.82, 2.24) is 4.90 Å². The number of methoxy groups -OCH3 is 1. The summed E-state index contributed by atoms with van der Waals surface area (Å²) in [7, 11) is 1.61. The maximum atomic E-state index is 12.6. The molecule has 0 bridgehead atoms. The normalized spacial score (nSPS) is 12.1. The summed E-state index contributed by atoms with van der Waals surface area (Å²) in [4.78, 5) is 14.4. The molecule has 1 aliphatic heterocycles. The molecular weight excluding hydrogens is 294 g/mol. The van der Waals surface area contributed by atoms with Crippen LogP contribution in [0.15, 0.2) is 42.5 Å². The molecule has 2 aromatic carbocycles. The highest BCUT2D eigenvalue weighted by Crippen LogP contribution is 2.32. The zero-order chi connectivity index (χ0) is 16.2. The van der Waals surface area contributed by atoms with Gasteiger partial charge in [-0.05, 0) is 48.9 Å². The summed E-state index contributed by atoms with van der Waals surface area (Å²) < 4.78 is 15.8. The van der Waals surface area contributed by atoms with Gasteiger partial charge in [0.1, 0.15) is 5.75 Å². The van der Waals surface area contributed by atoms with Crippen LogP contribution < -0.4 is 14.2 Å². The summed E-state index contributed by atoms with van der Waals surface area (Å²) >= 11 is 0. The number of rotatable bonds is 5. The monoisotopic (exact) mass is 313 g/mol. The molecule has 23 heavy (non-hydrogen) atoms. The molecule has 1 heterocycles. The summed E-state index contributed by atoms with van der Waals surface area (Å²) in [5.41, 5.74) is 1.66. The smallest absolute Gasteiger partial charge is 0.254 e. The second-order valence-electron chi connectivity index (χ2n) is 5.24. The Balaban J connectivity index is 1.74. The number of nitrogens with zero attached hydrogens (tertiary/aromatic N) is 1. The molecule has 2 aromatic rings. The molecule has 0 radical (unpaired) electrons. The van der Waals surface area contributed by atoms with Crippen molar-refractivity contribution in [1.29, 1.82) is 0 Å². The standard InChI is InChI=1S/C18H19NO4/c1-3-19(18(20)14-5-7-15(21-2)8-6-14)11-13-4-9-16-17(10-13)23-12-22-16/h4-10H,3,11-12H2,1-2H3. The average Bonchev–Trinajstić information content (AvgIpc) is 3.07. The number of amides is 1. The highest BCUT2D eigenvalue weighted by atomic mass is 16.7. The molecule has 0 saturated heterocycles. The minimum absolute atomic E-state index is 0.00665. The molecule has 0 N–H and O–H groups in total. The van der Waals surface area contributed by atoms with Gasteiger partial charge < -0.3 is 19.1 Å². The van der Waals surface area contributed by atoms with Crippen LogP contribution in [0.3, 0.4) is 0 Å². The molecule has 5 nitrogen and oxygen atoms in total. The first-order valence-electron chi connectivity index (χ1n) is 7.53. The van der Waals surface area contributed by atoms with Crippen LogP contribution in [0.25, 0.3) is 0 Å². The van der Waals surface area contributed by atoms with E-state index in [1.54, 1.807) is 36.3 Å². The van der Waals surface area contributed by atoms with Gasteiger partial charge in [0.05, 0.1) is 7.11 Å². The fourth-order valence-corrected chi connectivity index (χ4v) is 2.50. The van der Waals surface area contributed by atoms with Gasteiger partial charge in [-0.15, -0.1) is 0 Å². The zero-order valence-corrected chi connectivity index (χ0v) is 13.2. The van der Waals surface area contributed by atoms with E-state index in [2.05, 4.69) is 0 Å². The molecule has 1 aliphatic rings. The predicted octanol–water partition coefficient (Wildman–Crippen LogP) is 3.09. The minimum atomic E-state index is -0.00665. The van der Waals surface area contributed by atoms with Crippen molar-refractivity contribution in [2.24, 2.45) is 0 Å². The molecule has 3 rings (SSSR count). The third-order valence-corrected chi connectivity index (χ3v) is 3.82. The van der Waals surface area contributed by atoms with Crippen LogP contribution in [-0.4, -0.2) is 31.3 Å². The molecule has 120 valence electrons. The van der Waals surface area contributed by atoms with E-state index in [9.17, 15) is 4.79 Å². The van der Waals surface area contributed by atoms with Gasteiger partial charge in [0, 0.05) is 18.7 Å². The van der Waals surface area contributed by atoms with Crippen molar-refractivity contribution >= 4 is 5.91 Å². The molecule has 0 aromatic heterocycles. The Morgan fingerprint density at radius 2 is 1.87 bits per heavy atom. The van der Waals surface area contributed by atoms with Gasteiger partial charge >= 0.3 is 0 Å². The highest BCUT2D eigenvalue weighted by Gasteiger charge is 2.17. The Bertz CT molecular complexity index is 697. The first-order chi connectivity index (χ1) is 11.2. The van der Waals surface area contributed by atoms with Crippen molar-refractivity contribution in [2.45, 2.75) is 13.5 Å². The molecule has 0 spiro atoms. The SMILES string of the molecule is CCN(Cc1ccc2c(c1)OCO2)C(=O)c1ccc(OC)cc1. The Hall–Kier alpha value is -2.69. The van der Waals surface area contributed by atoms with Crippen molar-refractivity contribution in [3.8, 4) is 17.2 Å². The predicted molar refractivity (Wildman–Crippen MR) is 86.0 cm³/mol. The lowest BCUT2D eigenvalue weighted by molar-refractivity contribution is 0.0752. The third kappa shape index (κ3) is 3.23. The van der Waals surface area contributed by atoms with E-state index in [0.717, 1.165) is 22.8 Å². The maximum Gasteiger partial charge on any atom is 0.254 e. The highest BCUT2D eigenvalue weighted by molar-refractivity contribution is 5.94. The lowest BCUT2D eigenvalue weighted by Gasteiger charge is -2.21. The van der Waals surface area contributed by atoms with Crippen LogP contribution in [-0.2, 0) is 6.54 Å². The number of ether oxygens (including phenoxy) is 3. The summed E-state index contributed by atoms with van der Waals surface area (Å²) in [6, 6.07) is 12.9. The summed E-state index contributed by atoms with van der Waals surface area (Å²) in [5.74, 6) is 2.21. The van der Waals surface area contributed by atoms with E-state index >= 15 is 0 Å². The van der Waals surface area contributed by atoms with Gasteiger partial charge in [0.15, 0.2) is 11.5 Å². The molecule has 1 amide bonds. The van der Waals surface area contributed by atoms with Gasteiger partial charge in [-0.1, -0.05) is 6.07 Å². The fourth-order valence-electron chi connectivity index (χ4n) is 2.50. The molecule has 0 atom stereocenters. The summed E-state index contributed by atoms with van der Waals surface area (Å²) in [6.07, 6.45) is 0. The average molecular weight is 313 g/mol. The van der Waals surface area contributed by atoms with Crippen molar-refractivity contribution < 1.29 is 19.0 Å². The lowest BCUT2D eigenvalue weighted by Crippen LogP contribution is -2.30. The van der Waals surface area contributed by atoms with Crippen LogP contribution in [0.4, 0.5) is 0 Å². The number of carbonyl (C=O) groups is 1. The van der Waals surface area contributed by atoms with E-state index in [1.807, 2.05) is 25.1 Å². The van der Waals surface area contributed by atoms with Crippen molar-refractivity contribution in [2.75, 3.05) is 20.4 Å². The van der Waals surface area contributed by atoms with Crippen LogP contribution in [0.1, 0.15) is 22.8 Å². The Labute approximate surface area is 135 Å². The van der Waals surface area contributed by atoms with Gasteiger partial charge in [0.25, 0.3) is 5.91 Å². The Kier molecular flexibility index (Phi) is 4.37. The largest absolute Gasteiger partial charge is 0.497 e. The zero-order valence-electron chi connectivity index (χ0n) is 13.2. The molecule has 0 fully saturated rings. The summed E-state index contributed by atoms with van der Waals surface area (Å²) in [6.45, 7) is 3.37. The van der Waals surface area contributed by atoms with E-state index in [0.29, 0.717) is 18.7 Å². The van der Waals surface area contributed by atoms with Gasteiger partial charge in [-0.3, -0.25) is 4.79 Å². The second kappa shape index (κ2) is 6.60. The van der Waals surface area contributed by atoms with Gasteiger partial charge in [-0.2, -0.15) is 0 Å². The number of hydrogen-bond donors (Lipinski definition) is 0. The summed E-state index contributed by atoms with van der Waals surface area (Å²) in [5, 5.41) is 0. The Morgan fingerprint density at radius 1 is 1.13 bits per heavy atom. The van der Waals surface area contributed by atoms with E-state index in [4.69, 9.17) is 14.2 Å². The number of fused-ring (bicyclic) bond motifs is 1. The van der Waals surface area contributed by atoms with E-state index in [1.165, 1.54) is 0 Å². The molecule has 0 saturated carbocycles. The first kappa shape index (κ1) is 15.2. The quantitative estimate of drug-likeness (QED) is 0.851. The lowest BCUT2D eigenvalue weighted by atomic mass is 10.1. The van der Waals surface area contributed by atoms with Crippen LogP contribution in [0.2, 0.25) is 0 Å². The Morgan fingerprint density at radius 3 is 2.57 bits per heavy atom. The number of benzene rings is 2. The molecule has 0 aliphatic carbocycles. The van der Waals surface area contributed by atoms with Gasteiger partial charge in [-0.25, -0.2) is 0 Å². The third-order valence-electron chi connectivity index (χ3n) is 3.82. The van der Waals surface area contributed by atoms with Crippen LogP contribution >= 0.6 is 0 Å². The van der Waals surface area contributed by atoms with Crippen molar-refractivity contribution in [3.63, 3.8) is 0 Å². The van der Waals surface area contributed by atoms with Crippen LogP contribution in [0, 0.1) is 0 Å².